The molecule has 0 amide bonds. The van der Waals surface area contributed by atoms with Crippen molar-refractivity contribution in [1.82, 2.24) is 9.71 Å². The summed E-state index contributed by atoms with van der Waals surface area (Å²) in [6.07, 6.45) is 3.07. The molecular weight excluding hydrogens is 268 g/mol. The molecule has 1 aliphatic carbocycles. The van der Waals surface area contributed by atoms with Crippen molar-refractivity contribution in [3.05, 3.63) is 23.9 Å². The molecule has 2 rings (SSSR count). The third-order valence-electron chi connectivity index (χ3n) is 3.25. The van der Waals surface area contributed by atoms with E-state index in [1.807, 2.05) is 13.8 Å². The van der Waals surface area contributed by atoms with Gasteiger partial charge in [0, 0.05) is 11.7 Å². The van der Waals surface area contributed by atoms with Gasteiger partial charge < -0.3 is 5.11 Å². The van der Waals surface area contributed by atoms with Crippen LogP contribution in [0.3, 0.4) is 0 Å². The van der Waals surface area contributed by atoms with Crippen molar-refractivity contribution in [1.29, 1.82) is 0 Å². The highest BCUT2D eigenvalue weighted by atomic mass is 32.2. The summed E-state index contributed by atoms with van der Waals surface area (Å²) in [7, 11) is -3.72. The standard InChI is InChI=1S/C12H16N2O4S/c1-12(2,9-4-5-9)14-19(17,18)10-6-3-8(7-13-10)11(15)16/h3,6-7,9,14H,4-5H2,1-2H3,(H,15,16). The Labute approximate surface area is 111 Å². The van der Waals surface area contributed by atoms with E-state index in [1.54, 1.807) is 0 Å². The number of hydrogen-bond donors (Lipinski definition) is 2. The van der Waals surface area contributed by atoms with Crippen molar-refractivity contribution in [3.8, 4) is 0 Å². The minimum Gasteiger partial charge on any atom is -0.478 e. The zero-order valence-corrected chi connectivity index (χ0v) is 11.6. The van der Waals surface area contributed by atoms with Gasteiger partial charge >= 0.3 is 5.97 Å². The van der Waals surface area contributed by atoms with E-state index in [-0.39, 0.29) is 10.6 Å². The summed E-state index contributed by atoms with van der Waals surface area (Å²) in [5.74, 6) is -0.789. The van der Waals surface area contributed by atoms with Crippen LogP contribution in [0.2, 0.25) is 0 Å². The van der Waals surface area contributed by atoms with E-state index in [2.05, 4.69) is 9.71 Å². The Balaban J connectivity index is 2.21. The Kier molecular flexibility index (Phi) is 3.36. The lowest BCUT2D eigenvalue weighted by atomic mass is 10.0. The first kappa shape index (κ1) is 14.0. The van der Waals surface area contributed by atoms with Crippen LogP contribution in [0.4, 0.5) is 0 Å². The second-order valence-electron chi connectivity index (χ2n) is 5.29. The Morgan fingerprint density at radius 2 is 2.05 bits per heavy atom. The monoisotopic (exact) mass is 284 g/mol. The highest BCUT2D eigenvalue weighted by Crippen LogP contribution is 2.39. The number of carboxylic acid groups (broad SMARTS) is 1. The Hall–Kier alpha value is -1.47. The smallest absolute Gasteiger partial charge is 0.337 e. The molecule has 0 unspecified atom stereocenters. The normalized spacial score (nSPS) is 16.3. The van der Waals surface area contributed by atoms with Gasteiger partial charge in [-0.25, -0.2) is 22.9 Å². The summed E-state index contributed by atoms with van der Waals surface area (Å²) in [4.78, 5) is 14.4. The van der Waals surface area contributed by atoms with E-state index >= 15 is 0 Å². The largest absolute Gasteiger partial charge is 0.478 e. The van der Waals surface area contributed by atoms with E-state index in [0.29, 0.717) is 5.92 Å². The average molecular weight is 284 g/mol. The number of rotatable bonds is 5. The maximum atomic E-state index is 12.1. The number of sulfonamides is 1. The molecule has 0 aliphatic heterocycles. The third kappa shape index (κ3) is 3.10. The molecule has 2 N–H and O–H groups in total. The van der Waals surface area contributed by atoms with Crippen LogP contribution in [-0.2, 0) is 10.0 Å². The summed E-state index contributed by atoms with van der Waals surface area (Å²) in [6.45, 7) is 3.68. The minimum atomic E-state index is -3.72. The predicted molar refractivity (Wildman–Crippen MR) is 68.3 cm³/mol. The molecule has 1 saturated carbocycles. The van der Waals surface area contributed by atoms with Crippen LogP contribution in [0.25, 0.3) is 0 Å². The van der Waals surface area contributed by atoms with Crippen LogP contribution < -0.4 is 4.72 Å². The molecule has 104 valence electrons. The lowest BCUT2D eigenvalue weighted by molar-refractivity contribution is 0.0696. The zero-order valence-electron chi connectivity index (χ0n) is 10.8. The predicted octanol–water partition coefficient (Wildman–Crippen LogP) is 1.25. The van der Waals surface area contributed by atoms with Crippen molar-refractivity contribution >= 4 is 16.0 Å². The zero-order chi connectivity index (χ0) is 14.3. The van der Waals surface area contributed by atoms with Gasteiger partial charge in [0.15, 0.2) is 5.03 Å². The third-order valence-corrected chi connectivity index (χ3v) is 4.84. The Morgan fingerprint density at radius 1 is 1.42 bits per heavy atom. The van der Waals surface area contributed by atoms with Gasteiger partial charge in [0.05, 0.1) is 5.56 Å². The number of aromatic carboxylic acids is 1. The molecule has 0 aromatic carbocycles. The number of nitrogens with zero attached hydrogens (tertiary/aromatic N) is 1. The maximum absolute atomic E-state index is 12.1. The van der Waals surface area contributed by atoms with E-state index in [4.69, 9.17) is 5.11 Å². The number of pyridine rings is 1. The molecule has 0 bridgehead atoms. The van der Waals surface area contributed by atoms with Gasteiger partial charge in [-0.05, 0) is 44.7 Å². The van der Waals surface area contributed by atoms with E-state index < -0.39 is 21.5 Å². The fourth-order valence-corrected chi connectivity index (χ4v) is 3.36. The van der Waals surface area contributed by atoms with Crippen LogP contribution in [0.1, 0.15) is 37.0 Å². The minimum absolute atomic E-state index is 0.0413. The number of aromatic nitrogens is 1. The second kappa shape index (κ2) is 4.57. The fraction of sp³-hybridized carbons (Fsp3) is 0.500. The molecular formula is C12H16N2O4S. The van der Waals surface area contributed by atoms with Gasteiger partial charge in [0.25, 0.3) is 10.0 Å². The van der Waals surface area contributed by atoms with Gasteiger partial charge in [-0.15, -0.1) is 0 Å². The SMILES string of the molecule is CC(C)(NS(=O)(=O)c1ccc(C(=O)O)cn1)C1CC1. The molecule has 0 atom stereocenters. The van der Waals surface area contributed by atoms with Crippen molar-refractivity contribution < 1.29 is 18.3 Å². The van der Waals surface area contributed by atoms with Crippen LogP contribution in [-0.4, -0.2) is 30.0 Å². The first-order valence-corrected chi connectivity index (χ1v) is 7.44. The van der Waals surface area contributed by atoms with E-state index in [0.717, 1.165) is 19.0 Å². The Morgan fingerprint density at radius 3 is 2.47 bits per heavy atom. The average Bonchev–Trinajstić information content (AvgIpc) is 3.11. The summed E-state index contributed by atoms with van der Waals surface area (Å²) < 4.78 is 26.9. The second-order valence-corrected chi connectivity index (χ2v) is 6.92. The van der Waals surface area contributed by atoms with Gasteiger partial charge in [-0.3, -0.25) is 0 Å². The molecule has 1 heterocycles. The Bertz CT molecular complexity index is 589. The summed E-state index contributed by atoms with van der Waals surface area (Å²) in [5.41, 5.74) is -0.549. The van der Waals surface area contributed by atoms with Gasteiger partial charge in [-0.2, -0.15) is 0 Å². The fourth-order valence-electron chi connectivity index (χ4n) is 1.95. The quantitative estimate of drug-likeness (QED) is 0.848. The molecule has 19 heavy (non-hydrogen) atoms. The number of carbonyl (C=O) groups is 1. The molecule has 1 aromatic rings. The van der Waals surface area contributed by atoms with Gasteiger partial charge in [0.2, 0.25) is 0 Å². The molecule has 1 aromatic heterocycles. The molecule has 0 spiro atoms. The van der Waals surface area contributed by atoms with Crippen LogP contribution in [0.5, 0.6) is 0 Å². The summed E-state index contributed by atoms with van der Waals surface area (Å²) in [6, 6.07) is 2.43. The van der Waals surface area contributed by atoms with Crippen molar-refractivity contribution in [2.45, 2.75) is 37.3 Å². The van der Waals surface area contributed by atoms with E-state index in [9.17, 15) is 13.2 Å². The number of carboxylic acids is 1. The molecule has 0 saturated heterocycles. The first-order valence-electron chi connectivity index (χ1n) is 5.96. The molecule has 6 nitrogen and oxygen atoms in total. The highest BCUT2D eigenvalue weighted by molar-refractivity contribution is 7.89. The van der Waals surface area contributed by atoms with Crippen molar-refractivity contribution in [2.24, 2.45) is 5.92 Å². The molecule has 0 radical (unpaired) electrons. The molecule has 7 heteroatoms. The lowest BCUT2D eigenvalue weighted by Crippen LogP contribution is -2.45. The first-order chi connectivity index (χ1) is 8.72. The van der Waals surface area contributed by atoms with Crippen LogP contribution in [0.15, 0.2) is 23.4 Å². The highest BCUT2D eigenvalue weighted by Gasteiger charge is 2.40. The van der Waals surface area contributed by atoms with Gasteiger partial charge in [-0.1, -0.05) is 0 Å². The van der Waals surface area contributed by atoms with Crippen LogP contribution in [0, 0.1) is 5.92 Å². The topological polar surface area (TPSA) is 96.4 Å². The lowest BCUT2D eigenvalue weighted by Gasteiger charge is -2.25. The number of nitrogens with one attached hydrogen (secondary N) is 1. The van der Waals surface area contributed by atoms with Gasteiger partial charge in [0.1, 0.15) is 0 Å². The van der Waals surface area contributed by atoms with Crippen LogP contribution >= 0.6 is 0 Å². The molecule has 1 fully saturated rings. The number of hydrogen-bond acceptors (Lipinski definition) is 4. The van der Waals surface area contributed by atoms with E-state index in [1.165, 1.54) is 12.1 Å². The summed E-state index contributed by atoms with van der Waals surface area (Å²) >= 11 is 0. The van der Waals surface area contributed by atoms with Crippen molar-refractivity contribution in [2.75, 3.05) is 0 Å². The summed E-state index contributed by atoms with van der Waals surface area (Å²) in [5, 5.41) is 8.58. The van der Waals surface area contributed by atoms with Crippen molar-refractivity contribution in [3.63, 3.8) is 0 Å². The maximum Gasteiger partial charge on any atom is 0.337 e. The molecule has 1 aliphatic rings.